The second kappa shape index (κ2) is 9.49. The van der Waals surface area contributed by atoms with Crippen molar-refractivity contribution in [2.75, 3.05) is 18.2 Å². The number of rotatable bonds is 7. The van der Waals surface area contributed by atoms with Crippen LogP contribution >= 0.6 is 23.1 Å². The lowest BCUT2D eigenvalue weighted by atomic mass is 10.2. The molecule has 4 rings (SSSR count). The summed E-state index contributed by atoms with van der Waals surface area (Å²) in [6.45, 7) is 0. The number of ether oxygens (including phenoxy) is 1. The second-order valence-corrected chi connectivity index (χ2v) is 8.77. The van der Waals surface area contributed by atoms with Gasteiger partial charge in [-0.15, -0.1) is 23.1 Å². The van der Waals surface area contributed by atoms with Crippen LogP contribution in [0, 0.1) is 11.6 Å². The highest BCUT2D eigenvalue weighted by molar-refractivity contribution is 7.99. The zero-order valence-electron chi connectivity index (χ0n) is 16.8. The lowest BCUT2D eigenvalue weighted by Crippen LogP contribution is -2.16. The van der Waals surface area contributed by atoms with E-state index in [4.69, 9.17) is 4.74 Å². The molecule has 0 aliphatic rings. The molecule has 0 saturated heterocycles. The molecule has 2 aromatic carbocycles. The monoisotopic (exact) mass is 473 g/mol. The van der Waals surface area contributed by atoms with Crippen molar-refractivity contribution in [2.24, 2.45) is 0 Å². The number of aromatic amines is 1. The summed E-state index contributed by atoms with van der Waals surface area (Å²) in [5.74, 6) is -0.518. The van der Waals surface area contributed by atoms with Crippen LogP contribution < -0.4 is 15.6 Å². The van der Waals surface area contributed by atoms with Crippen LogP contribution in [-0.4, -0.2) is 28.7 Å². The predicted octanol–water partition coefficient (Wildman–Crippen LogP) is 4.81. The molecule has 2 aromatic heterocycles. The third kappa shape index (κ3) is 4.97. The first-order valence-electron chi connectivity index (χ1n) is 9.43. The Hall–Kier alpha value is -3.24. The Bertz CT molecular complexity index is 1340. The van der Waals surface area contributed by atoms with Gasteiger partial charge in [0.2, 0.25) is 5.91 Å². The van der Waals surface area contributed by atoms with Gasteiger partial charge in [-0.2, -0.15) is 0 Å². The number of thiophene rings is 1. The van der Waals surface area contributed by atoms with Crippen LogP contribution in [0.25, 0.3) is 20.7 Å². The summed E-state index contributed by atoms with van der Waals surface area (Å²) in [5, 5.41) is 2.39. The number of thioether (sulfide) groups is 1. The molecule has 0 aliphatic heterocycles. The van der Waals surface area contributed by atoms with E-state index in [0.717, 1.165) is 28.3 Å². The van der Waals surface area contributed by atoms with E-state index in [9.17, 15) is 18.4 Å². The molecule has 2 N–H and O–H groups in total. The van der Waals surface area contributed by atoms with E-state index in [1.807, 2.05) is 30.3 Å². The van der Waals surface area contributed by atoms with Gasteiger partial charge in [-0.3, -0.25) is 9.59 Å². The van der Waals surface area contributed by atoms with Crippen LogP contribution in [0.2, 0.25) is 0 Å². The number of halogens is 2. The Kier molecular flexibility index (Phi) is 6.52. The van der Waals surface area contributed by atoms with Crippen molar-refractivity contribution in [2.45, 2.75) is 5.75 Å². The van der Waals surface area contributed by atoms with Crippen LogP contribution in [0.15, 0.2) is 53.3 Å². The number of hydrogen-bond acceptors (Lipinski definition) is 6. The van der Waals surface area contributed by atoms with Crippen LogP contribution in [0.1, 0.15) is 5.82 Å². The van der Waals surface area contributed by atoms with Gasteiger partial charge in [0.15, 0.2) is 0 Å². The maximum absolute atomic E-state index is 13.6. The number of carbonyl (C=O) groups excluding carboxylic acids is 1. The molecule has 1 amide bonds. The zero-order chi connectivity index (χ0) is 22.7. The fraction of sp³-hybridized carbons (Fsp3) is 0.136. The van der Waals surface area contributed by atoms with Crippen molar-refractivity contribution in [3.63, 3.8) is 0 Å². The number of nitrogens with zero attached hydrogens (tertiary/aromatic N) is 1. The van der Waals surface area contributed by atoms with Crippen molar-refractivity contribution < 1.29 is 18.3 Å². The highest BCUT2D eigenvalue weighted by Gasteiger charge is 2.12. The average molecular weight is 474 g/mol. The molecule has 0 unspecified atom stereocenters. The van der Waals surface area contributed by atoms with Crippen molar-refractivity contribution in [1.82, 2.24) is 9.97 Å². The summed E-state index contributed by atoms with van der Waals surface area (Å²) in [6, 6.07) is 12.3. The number of benzene rings is 2. The summed E-state index contributed by atoms with van der Waals surface area (Å²) < 4.78 is 32.3. The van der Waals surface area contributed by atoms with E-state index in [-0.39, 0.29) is 22.8 Å². The normalized spacial score (nSPS) is 11.0. The third-order valence-electron chi connectivity index (χ3n) is 4.48. The molecular formula is C22H17F2N3O3S2. The number of amides is 1. The van der Waals surface area contributed by atoms with E-state index >= 15 is 0 Å². The van der Waals surface area contributed by atoms with Crippen LogP contribution in [0.3, 0.4) is 0 Å². The smallest absolute Gasteiger partial charge is 0.268 e. The molecule has 4 aromatic rings. The number of hydrogen-bond donors (Lipinski definition) is 2. The van der Waals surface area contributed by atoms with Crippen LogP contribution in [0.5, 0.6) is 5.75 Å². The third-order valence-corrected chi connectivity index (χ3v) is 6.60. The molecule has 6 nitrogen and oxygen atoms in total. The zero-order valence-corrected chi connectivity index (χ0v) is 18.4. The average Bonchev–Trinajstić information content (AvgIpc) is 3.21. The van der Waals surface area contributed by atoms with Crippen molar-refractivity contribution in [3.05, 3.63) is 76.3 Å². The first kappa shape index (κ1) is 22.0. The molecule has 10 heteroatoms. The van der Waals surface area contributed by atoms with Gasteiger partial charge in [-0.05, 0) is 48.0 Å². The molecule has 0 bridgehead atoms. The molecule has 0 aliphatic carbocycles. The Morgan fingerprint density at radius 1 is 1.19 bits per heavy atom. The predicted molar refractivity (Wildman–Crippen MR) is 123 cm³/mol. The molecule has 164 valence electrons. The number of nitrogens with one attached hydrogen (secondary N) is 2. The van der Waals surface area contributed by atoms with Gasteiger partial charge in [0.25, 0.3) is 5.56 Å². The molecule has 32 heavy (non-hydrogen) atoms. The largest absolute Gasteiger partial charge is 0.497 e. The number of methoxy groups -OCH3 is 1. The molecular weight excluding hydrogens is 456 g/mol. The van der Waals surface area contributed by atoms with E-state index in [1.165, 1.54) is 23.1 Å². The number of aromatic nitrogens is 2. The van der Waals surface area contributed by atoms with Gasteiger partial charge in [-0.1, -0.05) is 0 Å². The molecule has 2 heterocycles. The van der Waals surface area contributed by atoms with E-state index in [0.29, 0.717) is 22.1 Å². The quantitative estimate of drug-likeness (QED) is 0.402. The number of H-pyrrole nitrogens is 1. The molecule has 0 atom stereocenters. The maximum Gasteiger partial charge on any atom is 0.268 e. The minimum atomic E-state index is -0.843. The van der Waals surface area contributed by atoms with Gasteiger partial charge in [0, 0.05) is 10.9 Å². The van der Waals surface area contributed by atoms with Gasteiger partial charge >= 0.3 is 0 Å². The Labute approximate surface area is 189 Å². The van der Waals surface area contributed by atoms with Gasteiger partial charge in [-0.25, -0.2) is 13.8 Å². The summed E-state index contributed by atoms with van der Waals surface area (Å²) in [4.78, 5) is 32.7. The van der Waals surface area contributed by atoms with Crippen molar-refractivity contribution in [3.8, 4) is 16.2 Å². The summed E-state index contributed by atoms with van der Waals surface area (Å²) in [5.41, 5.74) is 1.20. The van der Waals surface area contributed by atoms with E-state index < -0.39 is 17.5 Å². The fourth-order valence-corrected chi connectivity index (χ4v) is 4.66. The molecule has 0 saturated carbocycles. The summed E-state index contributed by atoms with van der Waals surface area (Å²) >= 11 is 2.57. The van der Waals surface area contributed by atoms with Gasteiger partial charge in [0.1, 0.15) is 27.9 Å². The molecule has 0 radical (unpaired) electrons. The van der Waals surface area contributed by atoms with E-state index in [2.05, 4.69) is 15.3 Å². The van der Waals surface area contributed by atoms with Gasteiger partial charge < -0.3 is 15.0 Å². The lowest BCUT2D eigenvalue weighted by molar-refractivity contribution is -0.113. The highest BCUT2D eigenvalue weighted by Crippen LogP contribution is 2.32. The molecule has 0 fully saturated rings. The summed E-state index contributed by atoms with van der Waals surface area (Å²) in [6.07, 6.45) is 0. The summed E-state index contributed by atoms with van der Waals surface area (Å²) in [7, 11) is 1.60. The lowest BCUT2D eigenvalue weighted by Gasteiger charge is -2.06. The highest BCUT2D eigenvalue weighted by atomic mass is 32.2. The number of anilines is 1. The Balaban J connectivity index is 1.42. The number of carbonyl (C=O) groups is 1. The van der Waals surface area contributed by atoms with Crippen LogP contribution in [-0.2, 0) is 10.5 Å². The SMILES string of the molecule is COc1ccc(-c2cc3nc(CSCC(=O)Nc4ccc(F)cc4F)[nH]c(=O)c3s2)cc1. The standard InChI is InChI=1S/C22H17F2N3O3S2/c1-30-14-5-2-12(3-6-14)18-9-17-21(32-18)22(29)27-19(25-17)10-31-11-20(28)26-16-7-4-13(23)8-15(16)24/h2-9H,10-11H2,1H3,(H,26,28)(H,25,27,29). The van der Waals surface area contributed by atoms with Gasteiger partial charge in [0.05, 0.1) is 29.8 Å². The minimum absolute atomic E-state index is 0.0132. The van der Waals surface area contributed by atoms with Crippen LogP contribution in [0.4, 0.5) is 14.5 Å². The maximum atomic E-state index is 13.6. The second-order valence-electron chi connectivity index (χ2n) is 6.73. The number of fused-ring (bicyclic) bond motifs is 1. The fourth-order valence-electron chi connectivity index (χ4n) is 2.97. The minimum Gasteiger partial charge on any atom is -0.497 e. The first-order chi connectivity index (χ1) is 15.4. The van der Waals surface area contributed by atoms with Crippen molar-refractivity contribution in [1.29, 1.82) is 0 Å². The van der Waals surface area contributed by atoms with E-state index in [1.54, 1.807) is 7.11 Å². The topological polar surface area (TPSA) is 84.1 Å². The first-order valence-corrected chi connectivity index (χ1v) is 11.4. The Morgan fingerprint density at radius 3 is 2.69 bits per heavy atom. The molecule has 0 spiro atoms. The van der Waals surface area contributed by atoms with Crippen molar-refractivity contribution >= 4 is 44.9 Å². The Morgan fingerprint density at radius 2 is 1.97 bits per heavy atom.